The van der Waals surface area contributed by atoms with E-state index in [1.54, 1.807) is 0 Å². The lowest BCUT2D eigenvalue weighted by Gasteiger charge is -2.31. The second-order valence-corrected chi connectivity index (χ2v) is 7.75. The number of halogens is 1. The molecule has 0 saturated carbocycles. The minimum absolute atomic E-state index is 0. The second-order valence-electron chi connectivity index (χ2n) is 7.75. The minimum Gasteiger partial charge on any atom is -0.355 e. The van der Waals surface area contributed by atoms with Crippen LogP contribution in [-0.4, -0.2) is 65.8 Å². The average Bonchev–Trinajstić information content (AvgIpc) is 2.92. The molecule has 7 heteroatoms. The Morgan fingerprint density at radius 1 is 1.46 bits per heavy atom. The third-order valence-corrected chi connectivity index (χ3v) is 4.92. The summed E-state index contributed by atoms with van der Waals surface area (Å²) in [6, 6.07) is 0. The van der Waals surface area contributed by atoms with Crippen molar-refractivity contribution in [3.05, 3.63) is 17.5 Å². The van der Waals surface area contributed by atoms with Crippen LogP contribution in [0.3, 0.4) is 0 Å². The van der Waals surface area contributed by atoms with E-state index in [1.807, 2.05) is 18.8 Å². The van der Waals surface area contributed by atoms with Crippen molar-refractivity contribution < 1.29 is 0 Å². The molecule has 26 heavy (non-hydrogen) atoms. The van der Waals surface area contributed by atoms with E-state index in [-0.39, 0.29) is 24.0 Å². The summed E-state index contributed by atoms with van der Waals surface area (Å²) < 4.78 is 1.91. The van der Waals surface area contributed by atoms with Crippen molar-refractivity contribution in [3.63, 3.8) is 0 Å². The molecule has 6 nitrogen and oxygen atoms in total. The molecule has 1 fully saturated rings. The number of aryl methyl sites for hydroxylation is 1. The van der Waals surface area contributed by atoms with Gasteiger partial charge in [-0.25, -0.2) is 0 Å². The quantitative estimate of drug-likeness (QED) is 0.390. The first-order valence-electron chi connectivity index (χ1n) is 9.57. The number of nitrogens with one attached hydrogen (secondary N) is 1. The summed E-state index contributed by atoms with van der Waals surface area (Å²) in [5.74, 6) is 2.21. The van der Waals surface area contributed by atoms with Gasteiger partial charge in [0, 0.05) is 59.1 Å². The van der Waals surface area contributed by atoms with Crippen LogP contribution in [0.1, 0.15) is 50.8 Å². The van der Waals surface area contributed by atoms with Gasteiger partial charge in [-0.2, -0.15) is 5.10 Å². The van der Waals surface area contributed by atoms with E-state index in [9.17, 15) is 0 Å². The van der Waals surface area contributed by atoms with Crippen LogP contribution in [0.5, 0.6) is 0 Å². The predicted octanol–water partition coefficient (Wildman–Crippen LogP) is 2.90. The number of hydrogen-bond donors (Lipinski definition) is 1. The third kappa shape index (κ3) is 6.72. The first-order valence-corrected chi connectivity index (χ1v) is 9.57. The maximum absolute atomic E-state index is 4.60. The summed E-state index contributed by atoms with van der Waals surface area (Å²) in [5, 5.41) is 8.12. The molecule has 1 unspecified atom stereocenters. The topological polar surface area (TPSA) is 48.7 Å². The summed E-state index contributed by atoms with van der Waals surface area (Å²) in [5.41, 5.74) is 2.44. The van der Waals surface area contributed by atoms with Gasteiger partial charge in [-0.05, 0) is 31.2 Å². The molecular formula is C19H37IN6. The molecule has 2 heterocycles. The Morgan fingerprint density at radius 2 is 2.19 bits per heavy atom. The van der Waals surface area contributed by atoms with Gasteiger partial charge in [0.2, 0.25) is 0 Å². The van der Waals surface area contributed by atoms with Crippen LogP contribution in [0, 0.1) is 5.92 Å². The standard InChI is InChI=1S/C19H36N6.HI/c1-15(2)18-17(14-24(6)22-18)13-23(5)19(20-4)21-9-11-25-10-7-8-16(3)12-25;/h14-16H,7-13H2,1-6H3,(H,20,21);1H. The van der Waals surface area contributed by atoms with E-state index in [2.05, 4.69) is 59.2 Å². The van der Waals surface area contributed by atoms with E-state index in [4.69, 9.17) is 0 Å². The van der Waals surface area contributed by atoms with Crippen molar-refractivity contribution in [1.29, 1.82) is 0 Å². The highest BCUT2D eigenvalue weighted by Crippen LogP contribution is 2.18. The van der Waals surface area contributed by atoms with E-state index in [0.717, 1.165) is 31.5 Å². The van der Waals surface area contributed by atoms with Crippen LogP contribution < -0.4 is 5.32 Å². The van der Waals surface area contributed by atoms with Crippen molar-refractivity contribution in [1.82, 2.24) is 24.9 Å². The summed E-state index contributed by atoms with van der Waals surface area (Å²) in [6.45, 7) is 12.0. The zero-order valence-corrected chi connectivity index (χ0v) is 19.7. The van der Waals surface area contributed by atoms with Crippen molar-refractivity contribution in [2.24, 2.45) is 18.0 Å². The SMILES string of the molecule is CN=C(NCCN1CCCC(C)C1)N(C)Cc1cn(C)nc1C(C)C.I. The number of hydrogen-bond acceptors (Lipinski definition) is 3. The molecule has 0 spiro atoms. The Morgan fingerprint density at radius 3 is 2.81 bits per heavy atom. The second kappa shape index (κ2) is 11.1. The number of aromatic nitrogens is 2. The van der Waals surface area contributed by atoms with Gasteiger partial charge in [0.25, 0.3) is 0 Å². The molecule has 1 N–H and O–H groups in total. The maximum atomic E-state index is 4.60. The zero-order valence-electron chi connectivity index (χ0n) is 17.3. The van der Waals surface area contributed by atoms with Crippen LogP contribution in [0.25, 0.3) is 0 Å². The van der Waals surface area contributed by atoms with Gasteiger partial charge < -0.3 is 15.1 Å². The predicted molar refractivity (Wildman–Crippen MR) is 120 cm³/mol. The molecule has 0 aliphatic carbocycles. The molecule has 2 rings (SSSR count). The molecule has 150 valence electrons. The molecule has 1 aliphatic rings. The number of nitrogens with zero attached hydrogens (tertiary/aromatic N) is 5. The number of piperidine rings is 1. The van der Waals surface area contributed by atoms with Crippen molar-refractivity contribution in [3.8, 4) is 0 Å². The van der Waals surface area contributed by atoms with Crippen LogP contribution in [0.4, 0.5) is 0 Å². The fourth-order valence-electron chi connectivity index (χ4n) is 3.69. The van der Waals surface area contributed by atoms with Crippen LogP contribution in [0.2, 0.25) is 0 Å². The molecule has 1 aromatic rings. The lowest BCUT2D eigenvalue weighted by atomic mass is 10.0. The molecule has 0 aromatic carbocycles. The Bertz CT molecular complexity index is 568. The largest absolute Gasteiger partial charge is 0.355 e. The van der Waals surface area contributed by atoms with Gasteiger partial charge in [0.15, 0.2) is 5.96 Å². The molecule has 0 amide bonds. The molecule has 0 bridgehead atoms. The van der Waals surface area contributed by atoms with E-state index in [1.165, 1.54) is 37.2 Å². The monoisotopic (exact) mass is 476 g/mol. The minimum atomic E-state index is 0. The number of aliphatic imine (C=N–C) groups is 1. The fourth-order valence-corrected chi connectivity index (χ4v) is 3.69. The summed E-state index contributed by atoms with van der Waals surface area (Å²) in [4.78, 5) is 9.19. The van der Waals surface area contributed by atoms with Gasteiger partial charge in [-0.1, -0.05) is 20.8 Å². The van der Waals surface area contributed by atoms with Gasteiger partial charge in [-0.3, -0.25) is 9.67 Å². The van der Waals surface area contributed by atoms with Crippen LogP contribution in [-0.2, 0) is 13.6 Å². The van der Waals surface area contributed by atoms with Crippen LogP contribution in [0.15, 0.2) is 11.2 Å². The van der Waals surface area contributed by atoms with Gasteiger partial charge >= 0.3 is 0 Å². The number of rotatable bonds is 6. The highest BCUT2D eigenvalue weighted by molar-refractivity contribution is 14.0. The third-order valence-electron chi connectivity index (χ3n) is 4.92. The highest BCUT2D eigenvalue weighted by Gasteiger charge is 2.17. The van der Waals surface area contributed by atoms with E-state index in [0.29, 0.717) is 5.92 Å². The molecular weight excluding hydrogens is 439 g/mol. The molecule has 1 aliphatic heterocycles. The van der Waals surface area contributed by atoms with E-state index < -0.39 is 0 Å². The maximum Gasteiger partial charge on any atom is 0.193 e. The van der Waals surface area contributed by atoms with Crippen molar-refractivity contribution >= 4 is 29.9 Å². The lowest BCUT2D eigenvalue weighted by Crippen LogP contribution is -2.44. The first kappa shape index (κ1) is 23.2. The molecule has 1 saturated heterocycles. The molecule has 0 radical (unpaired) electrons. The zero-order chi connectivity index (χ0) is 18.4. The first-order chi connectivity index (χ1) is 11.9. The Labute approximate surface area is 176 Å². The Kier molecular flexibility index (Phi) is 9.92. The highest BCUT2D eigenvalue weighted by atomic mass is 127. The van der Waals surface area contributed by atoms with E-state index >= 15 is 0 Å². The summed E-state index contributed by atoms with van der Waals surface area (Å²) in [7, 11) is 5.94. The lowest BCUT2D eigenvalue weighted by molar-refractivity contribution is 0.186. The van der Waals surface area contributed by atoms with Gasteiger partial charge in [0.1, 0.15) is 0 Å². The molecule has 1 atom stereocenters. The number of likely N-dealkylation sites (tertiary alicyclic amines) is 1. The normalized spacial score (nSPS) is 18.7. The Hall–Kier alpha value is -0.830. The summed E-state index contributed by atoms with van der Waals surface area (Å²) in [6.07, 6.45) is 4.82. The Balaban J connectivity index is 0.00000338. The smallest absolute Gasteiger partial charge is 0.193 e. The molecule has 1 aromatic heterocycles. The van der Waals surface area contributed by atoms with Gasteiger partial charge in [-0.15, -0.1) is 24.0 Å². The number of guanidine groups is 1. The van der Waals surface area contributed by atoms with Crippen molar-refractivity contribution in [2.75, 3.05) is 40.3 Å². The average molecular weight is 476 g/mol. The van der Waals surface area contributed by atoms with Gasteiger partial charge in [0.05, 0.1) is 5.69 Å². The van der Waals surface area contributed by atoms with Crippen molar-refractivity contribution in [2.45, 2.75) is 46.1 Å². The fraction of sp³-hybridized carbons (Fsp3) is 0.789. The van der Waals surface area contributed by atoms with Crippen LogP contribution >= 0.6 is 24.0 Å². The summed E-state index contributed by atoms with van der Waals surface area (Å²) >= 11 is 0.